The van der Waals surface area contributed by atoms with Crippen LogP contribution in [0.1, 0.15) is 33.3 Å². The van der Waals surface area contributed by atoms with Crippen LogP contribution in [0.15, 0.2) is 103 Å². The van der Waals surface area contributed by atoms with Crippen LogP contribution in [0.4, 0.5) is 17.1 Å². The van der Waals surface area contributed by atoms with E-state index in [0.717, 1.165) is 22.5 Å². The van der Waals surface area contributed by atoms with Gasteiger partial charge in [-0.3, -0.25) is 0 Å². The largest absolute Gasteiger partial charge is 0.494 e. The lowest BCUT2D eigenvalue weighted by atomic mass is 9.79. The Morgan fingerprint density at radius 2 is 0.971 bits per heavy atom. The average molecular weight is 461 g/mol. The molecule has 4 aromatic carbocycles. The maximum absolute atomic E-state index is 6.25. The van der Waals surface area contributed by atoms with E-state index in [1.807, 2.05) is 6.07 Å². The minimum atomic E-state index is -0.368. The lowest BCUT2D eigenvalue weighted by molar-refractivity contribution is 0.00578. The molecule has 0 aromatic heterocycles. The molecule has 176 valence electrons. The third-order valence-corrected chi connectivity index (χ3v) is 7.20. The molecule has 0 spiro atoms. The normalized spacial score (nSPS) is 16.3. The smallest absolute Gasteiger partial charge is 0.399 e. The topological polar surface area (TPSA) is 21.7 Å². The van der Waals surface area contributed by atoms with Crippen molar-refractivity contribution in [1.82, 2.24) is 0 Å². The second kappa shape index (κ2) is 9.03. The molecular formula is C31H32BNO2. The van der Waals surface area contributed by atoms with Crippen molar-refractivity contribution in [3.05, 3.63) is 109 Å². The molecule has 0 amide bonds. The summed E-state index contributed by atoms with van der Waals surface area (Å²) in [5.41, 5.74) is 7.28. The minimum absolute atomic E-state index is 0.356. The number of hydrogen-bond donors (Lipinski definition) is 0. The Kier molecular flexibility index (Phi) is 6.04. The van der Waals surface area contributed by atoms with Crippen LogP contribution in [-0.2, 0) is 9.31 Å². The summed E-state index contributed by atoms with van der Waals surface area (Å²) < 4.78 is 12.5. The van der Waals surface area contributed by atoms with Gasteiger partial charge in [0, 0.05) is 17.1 Å². The zero-order chi connectivity index (χ0) is 24.6. The van der Waals surface area contributed by atoms with Gasteiger partial charge in [0.15, 0.2) is 0 Å². The summed E-state index contributed by atoms with van der Waals surface area (Å²) in [7, 11) is -0.368. The Morgan fingerprint density at radius 3 is 1.49 bits per heavy atom. The predicted octanol–water partition coefficient (Wildman–Crippen LogP) is 7.43. The monoisotopic (exact) mass is 461 g/mol. The summed E-state index contributed by atoms with van der Waals surface area (Å²) in [6.07, 6.45) is 0. The van der Waals surface area contributed by atoms with Gasteiger partial charge in [0.25, 0.3) is 0 Å². The van der Waals surface area contributed by atoms with Crippen molar-refractivity contribution in [3.8, 4) is 11.1 Å². The van der Waals surface area contributed by atoms with E-state index >= 15 is 0 Å². The predicted molar refractivity (Wildman–Crippen MR) is 147 cm³/mol. The molecule has 0 unspecified atom stereocenters. The molecule has 3 nitrogen and oxygen atoms in total. The number of nitrogens with zero attached hydrogens (tertiary/aromatic N) is 1. The van der Waals surface area contributed by atoms with Gasteiger partial charge in [-0.05, 0) is 87.6 Å². The van der Waals surface area contributed by atoms with Gasteiger partial charge < -0.3 is 14.2 Å². The standard InChI is InChI=1S/C31H32BNO2/c1-23-11-17-27(18-12-23)33(28-19-13-25(14-20-28)24-9-7-6-8-10-24)29-21-15-26(16-22-29)32-34-30(2,3)31(4,5)35-32/h6-22H,1-5H3. The minimum Gasteiger partial charge on any atom is -0.399 e. The number of aryl methyl sites for hydroxylation is 1. The second-order valence-electron chi connectivity index (χ2n) is 10.3. The van der Waals surface area contributed by atoms with Crippen molar-refractivity contribution in [3.63, 3.8) is 0 Å². The summed E-state index contributed by atoms with van der Waals surface area (Å²) in [5.74, 6) is 0. The summed E-state index contributed by atoms with van der Waals surface area (Å²) in [6, 6.07) is 36.4. The molecule has 0 radical (unpaired) electrons. The molecule has 1 aliphatic heterocycles. The molecule has 35 heavy (non-hydrogen) atoms. The van der Waals surface area contributed by atoms with Crippen molar-refractivity contribution in [1.29, 1.82) is 0 Å². The van der Waals surface area contributed by atoms with Crippen LogP contribution in [0.5, 0.6) is 0 Å². The first kappa shape index (κ1) is 23.4. The third kappa shape index (κ3) is 4.64. The molecule has 1 heterocycles. The number of benzene rings is 4. The van der Waals surface area contributed by atoms with E-state index in [-0.39, 0.29) is 18.3 Å². The SMILES string of the molecule is Cc1ccc(N(c2ccc(B3OC(C)(C)C(C)(C)O3)cc2)c2ccc(-c3ccccc3)cc2)cc1. The van der Waals surface area contributed by atoms with Crippen molar-refractivity contribution in [2.75, 3.05) is 4.90 Å². The zero-order valence-electron chi connectivity index (χ0n) is 21.2. The highest BCUT2D eigenvalue weighted by Gasteiger charge is 2.51. The van der Waals surface area contributed by atoms with Gasteiger partial charge in [0.2, 0.25) is 0 Å². The fourth-order valence-corrected chi connectivity index (χ4v) is 4.33. The zero-order valence-corrected chi connectivity index (χ0v) is 21.2. The number of hydrogen-bond acceptors (Lipinski definition) is 3. The van der Waals surface area contributed by atoms with Crippen LogP contribution in [0, 0.1) is 6.92 Å². The lowest BCUT2D eigenvalue weighted by Crippen LogP contribution is -2.41. The van der Waals surface area contributed by atoms with Gasteiger partial charge in [-0.15, -0.1) is 0 Å². The van der Waals surface area contributed by atoms with Gasteiger partial charge in [-0.1, -0.05) is 72.3 Å². The first-order chi connectivity index (χ1) is 16.7. The molecule has 1 aliphatic rings. The lowest BCUT2D eigenvalue weighted by Gasteiger charge is -2.32. The van der Waals surface area contributed by atoms with Gasteiger partial charge in [-0.2, -0.15) is 0 Å². The Balaban J connectivity index is 1.48. The fraction of sp³-hybridized carbons (Fsp3) is 0.226. The molecule has 0 bridgehead atoms. The molecule has 0 atom stereocenters. The maximum atomic E-state index is 6.25. The molecule has 1 saturated heterocycles. The van der Waals surface area contributed by atoms with E-state index in [0.29, 0.717) is 0 Å². The third-order valence-electron chi connectivity index (χ3n) is 7.20. The number of rotatable bonds is 5. The quantitative estimate of drug-likeness (QED) is 0.289. The average Bonchev–Trinajstić information content (AvgIpc) is 3.08. The highest BCUT2D eigenvalue weighted by Crippen LogP contribution is 2.38. The summed E-state index contributed by atoms with van der Waals surface area (Å²) in [6.45, 7) is 10.4. The summed E-state index contributed by atoms with van der Waals surface area (Å²) >= 11 is 0. The molecule has 4 heteroatoms. The van der Waals surface area contributed by atoms with Crippen LogP contribution in [0.3, 0.4) is 0 Å². The maximum Gasteiger partial charge on any atom is 0.494 e. The van der Waals surface area contributed by atoms with Crippen LogP contribution in [-0.4, -0.2) is 18.3 Å². The Morgan fingerprint density at radius 1 is 0.543 bits per heavy atom. The van der Waals surface area contributed by atoms with Gasteiger partial charge in [0.05, 0.1) is 11.2 Å². The van der Waals surface area contributed by atoms with Gasteiger partial charge in [0.1, 0.15) is 0 Å². The van der Waals surface area contributed by atoms with Gasteiger partial charge >= 0.3 is 7.12 Å². The van der Waals surface area contributed by atoms with Crippen molar-refractivity contribution in [2.24, 2.45) is 0 Å². The van der Waals surface area contributed by atoms with E-state index in [1.165, 1.54) is 16.7 Å². The van der Waals surface area contributed by atoms with Crippen molar-refractivity contribution >= 4 is 29.6 Å². The highest BCUT2D eigenvalue weighted by molar-refractivity contribution is 6.62. The van der Waals surface area contributed by atoms with E-state index in [4.69, 9.17) is 9.31 Å². The first-order valence-corrected chi connectivity index (χ1v) is 12.2. The van der Waals surface area contributed by atoms with E-state index < -0.39 is 0 Å². The molecule has 4 aromatic rings. The van der Waals surface area contributed by atoms with Gasteiger partial charge in [-0.25, -0.2) is 0 Å². The second-order valence-corrected chi connectivity index (χ2v) is 10.3. The van der Waals surface area contributed by atoms with E-state index in [1.54, 1.807) is 0 Å². The van der Waals surface area contributed by atoms with E-state index in [9.17, 15) is 0 Å². The fourth-order valence-electron chi connectivity index (χ4n) is 4.33. The molecule has 0 N–H and O–H groups in total. The molecule has 5 rings (SSSR count). The van der Waals surface area contributed by atoms with Crippen LogP contribution >= 0.6 is 0 Å². The van der Waals surface area contributed by atoms with Crippen LogP contribution in [0.25, 0.3) is 11.1 Å². The van der Waals surface area contributed by atoms with Crippen molar-refractivity contribution < 1.29 is 9.31 Å². The van der Waals surface area contributed by atoms with Crippen molar-refractivity contribution in [2.45, 2.75) is 45.8 Å². The molecular weight excluding hydrogens is 429 g/mol. The Hall–Kier alpha value is -3.34. The first-order valence-electron chi connectivity index (χ1n) is 12.2. The molecule has 0 saturated carbocycles. The van der Waals surface area contributed by atoms with Crippen LogP contribution < -0.4 is 10.4 Å². The highest BCUT2D eigenvalue weighted by atomic mass is 16.7. The molecule has 0 aliphatic carbocycles. The number of anilines is 3. The van der Waals surface area contributed by atoms with E-state index in [2.05, 4.69) is 137 Å². The summed E-state index contributed by atoms with van der Waals surface area (Å²) in [4.78, 5) is 2.28. The molecule has 1 fully saturated rings. The summed E-state index contributed by atoms with van der Waals surface area (Å²) in [5, 5.41) is 0. The van der Waals surface area contributed by atoms with Crippen LogP contribution in [0.2, 0.25) is 0 Å². The Bertz CT molecular complexity index is 1260. The Labute approximate surface area is 209 Å².